The van der Waals surface area contributed by atoms with Gasteiger partial charge in [-0.25, -0.2) is 4.98 Å². The van der Waals surface area contributed by atoms with Gasteiger partial charge in [-0.05, 0) is 31.2 Å². The van der Waals surface area contributed by atoms with Crippen LogP contribution >= 0.6 is 0 Å². The van der Waals surface area contributed by atoms with Crippen LogP contribution in [0.4, 0.5) is 5.69 Å². The van der Waals surface area contributed by atoms with Crippen LogP contribution in [0.1, 0.15) is 11.3 Å². The van der Waals surface area contributed by atoms with Gasteiger partial charge in [0, 0.05) is 35.4 Å². The Labute approximate surface area is 129 Å². The average Bonchev–Trinajstić information content (AvgIpc) is 2.95. The lowest BCUT2D eigenvalue weighted by Crippen LogP contribution is -1.93. The minimum absolute atomic E-state index is 0.588. The molecular formula is C18H17N3O. The van der Waals surface area contributed by atoms with E-state index in [4.69, 9.17) is 4.74 Å². The molecule has 0 unspecified atom stereocenters. The maximum Gasteiger partial charge on any atom is 0.213 e. The van der Waals surface area contributed by atoms with Gasteiger partial charge in [-0.3, -0.25) is 4.99 Å². The van der Waals surface area contributed by atoms with E-state index in [1.165, 1.54) is 5.69 Å². The fourth-order valence-electron chi connectivity index (χ4n) is 2.25. The molecule has 0 saturated carbocycles. The second-order valence-corrected chi connectivity index (χ2v) is 4.94. The maximum atomic E-state index is 5.03. The summed E-state index contributed by atoms with van der Waals surface area (Å²) < 4.78 is 7.18. The number of nitrogens with zero attached hydrogens (tertiary/aromatic N) is 3. The van der Waals surface area contributed by atoms with Crippen LogP contribution in [0, 0.1) is 6.92 Å². The van der Waals surface area contributed by atoms with Crippen LogP contribution in [0.3, 0.4) is 0 Å². The normalized spacial score (nSPS) is 11.0. The van der Waals surface area contributed by atoms with Gasteiger partial charge in [-0.2, -0.15) is 0 Å². The van der Waals surface area contributed by atoms with Gasteiger partial charge in [-0.15, -0.1) is 0 Å². The summed E-state index contributed by atoms with van der Waals surface area (Å²) in [5.74, 6) is 0.588. The molecule has 0 saturated heterocycles. The van der Waals surface area contributed by atoms with Gasteiger partial charge < -0.3 is 9.30 Å². The third-order valence-corrected chi connectivity index (χ3v) is 3.36. The third kappa shape index (κ3) is 3.06. The predicted molar refractivity (Wildman–Crippen MR) is 88.5 cm³/mol. The van der Waals surface area contributed by atoms with E-state index < -0.39 is 0 Å². The summed E-state index contributed by atoms with van der Waals surface area (Å²) in [5, 5.41) is 0. The highest BCUT2D eigenvalue weighted by Crippen LogP contribution is 2.16. The van der Waals surface area contributed by atoms with Gasteiger partial charge in [0.15, 0.2) is 0 Å². The van der Waals surface area contributed by atoms with Gasteiger partial charge in [-0.1, -0.05) is 18.2 Å². The third-order valence-electron chi connectivity index (χ3n) is 3.36. The molecule has 3 aromatic rings. The van der Waals surface area contributed by atoms with E-state index in [0.29, 0.717) is 5.88 Å². The molecule has 0 aliphatic heterocycles. The van der Waals surface area contributed by atoms with Crippen LogP contribution in [-0.4, -0.2) is 22.9 Å². The minimum atomic E-state index is 0.588. The van der Waals surface area contributed by atoms with Crippen molar-refractivity contribution in [2.45, 2.75) is 6.92 Å². The molecule has 3 rings (SSSR count). The summed E-state index contributed by atoms with van der Waals surface area (Å²) in [6, 6.07) is 16.0. The van der Waals surface area contributed by atoms with Crippen molar-refractivity contribution in [1.29, 1.82) is 0 Å². The van der Waals surface area contributed by atoms with Crippen LogP contribution in [0.5, 0.6) is 5.88 Å². The molecule has 0 spiro atoms. The van der Waals surface area contributed by atoms with Gasteiger partial charge in [0.25, 0.3) is 0 Å². The second-order valence-electron chi connectivity index (χ2n) is 4.94. The Balaban J connectivity index is 1.82. The van der Waals surface area contributed by atoms with E-state index >= 15 is 0 Å². The number of aryl methyl sites for hydroxylation is 1. The summed E-state index contributed by atoms with van der Waals surface area (Å²) >= 11 is 0. The Kier molecular flexibility index (Phi) is 4.01. The summed E-state index contributed by atoms with van der Waals surface area (Å²) in [6.07, 6.45) is 5.61. The zero-order valence-corrected chi connectivity index (χ0v) is 12.6. The van der Waals surface area contributed by atoms with E-state index in [2.05, 4.69) is 45.9 Å². The Morgan fingerprint density at radius 3 is 2.64 bits per heavy atom. The van der Waals surface area contributed by atoms with Gasteiger partial charge in [0.1, 0.15) is 0 Å². The topological polar surface area (TPSA) is 39.4 Å². The van der Waals surface area contributed by atoms with Crippen LogP contribution in [-0.2, 0) is 0 Å². The fraction of sp³-hybridized carbons (Fsp3) is 0.111. The molecule has 0 N–H and O–H groups in total. The number of benzene rings is 1. The molecule has 0 atom stereocenters. The molecular weight excluding hydrogens is 274 g/mol. The van der Waals surface area contributed by atoms with Crippen molar-refractivity contribution in [2.24, 2.45) is 4.99 Å². The Morgan fingerprint density at radius 1 is 1.14 bits per heavy atom. The van der Waals surface area contributed by atoms with Crippen LogP contribution in [0.25, 0.3) is 5.69 Å². The largest absolute Gasteiger partial charge is 0.481 e. The number of ether oxygens (including phenoxy) is 1. The molecule has 0 bridgehead atoms. The zero-order valence-electron chi connectivity index (χ0n) is 12.6. The highest BCUT2D eigenvalue weighted by atomic mass is 16.5. The lowest BCUT2D eigenvalue weighted by molar-refractivity contribution is 0.398. The van der Waals surface area contributed by atoms with E-state index in [0.717, 1.165) is 16.9 Å². The molecule has 4 nitrogen and oxygen atoms in total. The Bertz CT molecular complexity index is 774. The lowest BCUT2D eigenvalue weighted by Gasteiger charge is -2.04. The van der Waals surface area contributed by atoms with Crippen molar-refractivity contribution in [3.05, 3.63) is 72.2 Å². The number of methoxy groups -OCH3 is 1. The van der Waals surface area contributed by atoms with Crippen molar-refractivity contribution in [2.75, 3.05) is 7.11 Å². The second kappa shape index (κ2) is 6.26. The van der Waals surface area contributed by atoms with Crippen molar-refractivity contribution >= 4 is 11.9 Å². The summed E-state index contributed by atoms with van der Waals surface area (Å²) in [4.78, 5) is 8.58. The van der Waals surface area contributed by atoms with Gasteiger partial charge in [0.2, 0.25) is 5.88 Å². The van der Waals surface area contributed by atoms with Crippen LogP contribution in [0.15, 0.2) is 65.9 Å². The molecule has 1 aromatic carbocycles. The first-order valence-corrected chi connectivity index (χ1v) is 7.05. The zero-order chi connectivity index (χ0) is 15.4. The number of pyridine rings is 1. The lowest BCUT2D eigenvalue weighted by atomic mass is 10.3. The fourth-order valence-corrected chi connectivity index (χ4v) is 2.25. The quantitative estimate of drug-likeness (QED) is 0.683. The molecule has 110 valence electrons. The molecule has 2 aromatic heterocycles. The molecule has 0 aliphatic carbocycles. The number of hydrogen-bond acceptors (Lipinski definition) is 3. The monoisotopic (exact) mass is 291 g/mol. The smallest absolute Gasteiger partial charge is 0.213 e. The first kappa shape index (κ1) is 14.1. The van der Waals surface area contributed by atoms with Crippen molar-refractivity contribution in [1.82, 2.24) is 9.55 Å². The molecule has 4 heteroatoms. The van der Waals surface area contributed by atoms with Crippen molar-refractivity contribution in [3.8, 4) is 11.6 Å². The molecule has 0 fully saturated rings. The molecule has 0 aliphatic rings. The van der Waals surface area contributed by atoms with Crippen LogP contribution < -0.4 is 4.74 Å². The number of para-hydroxylation sites is 1. The summed E-state index contributed by atoms with van der Waals surface area (Å²) in [7, 11) is 1.60. The first-order chi connectivity index (χ1) is 10.8. The minimum Gasteiger partial charge on any atom is -0.481 e. The highest BCUT2D eigenvalue weighted by Gasteiger charge is 2.02. The summed E-state index contributed by atoms with van der Waals surface area (Å²) in [5.41, 5.74) is 4.16. The van der Waals surface area contributed by atoms with Crippen molar-refractivity contribution in [3.63, 3.8) is 0 Å². The maximum absolute atomic E-state index is 5.03. The average molecular weight is 291 g/mol. The summed E-state index contributed by atoms with van der Waals surface area (Å²) in [6.45, 7) is 2.08. The van der Waals surface area contributed by atoms with E-state index in [-0.39, 0.29) is 0 Å². The number of rotatable bonds is 4. The van der Waals surface area contributed by atoms with E-state index in [1.54, 1.807) is 19.4 Å². The van der Waals surface area contributed by atoms with E-state index in [9.17, 15) is 0 Å². The van der Waals surface area contributed by atoms with Crippen LogP contribution in [0.2, 0.25) is 0 Å². The van der Waals surface area contributed by atoms with Crippen molar-refractivity contribution < 1.29 is 4.74 Å². The first-order valence-electron chi connectivity index (χ1n) is 7.05. The Hall–Kier alpha value is -2.88. The molecule has 22 heavy (non-hydrogen) atoms. The highest BCUT2D eigenvalue weighted by molar-refractivity contribution is 5.82. The Morgan fingerprint density at radius 2 is 1.95 bits per heavy atom. The van der Waals surface area contributed by atoms with E-state index in [1.807, 2.05) is 30.5 Å². The number of aliphatic imine (C=N–C) groups is 1. The number of aromatic nitrogens is 2. The van der Waals surface area contributed by atoms with Gasteiger partial charge >= 0.3 is 0 Å². The molecule has 0 radical (unpaired) electrons. The number of hydrogen-bond donors (Lipinski definition) is 0. The predicted octanol–water partition coefficient (Wildman–Crippen LogP) is 3.94. The standard InChI is InChI=1S/C18H17N3O/c1-14-10-15(13-21(14)17-6-4-3-5-7-17)11-19-16-8-9-18(22-2)20-12-16/h3-13H,1-2H3. The van der Waals surface area contributed by atoms with Gasteiger partial charge in [0.05, 0.1) is 19.0 Å². The molecule has 0 amide bonds. The SMILES string of the molecule is COc1ccc(N=Cc2cc(C)n(-c3ccccc3)c2)cn1. The molecule has 2 heterocycles.